The number of rotatable bonds is 6. The van der Waals surface area contributed by atoms with Crippen LogP contribution in [0.3, 0.4) is 0 Å². The molecule has 5 rings (SSSR count). The maximum atomic E-state index is 6.38. The first-order valence-electron chi connectivity index (χ1n) is 11.4. The van der Waals surface area contributed by atoms with Gasteiger partial charge in [-0.15, -0.1) is 0 Å². The van der Waals surface area contributed by atoms with E-state index in [0.717, 1.165) is 39.8 Å². The second-order valence-electron chi connectivity index (χ2n) is 8.55. The highest BCUT2D eigenvalue weighted by Crippen LogP contribution is 2.42. The van der Waals surface area contributed by atoms with Gasteiger partial charge < -0.3 is 19.5 Å². The van der Waals surface area contributed by atoms with E-state index < -0.39 is 0 Å². The maximum absolute atomic E-state index is 6.38. The Kier molecular flexibility index (Phi) is 6.45. The monoisotopic (exact) mass is 503 g/mol. The Morgan fingerprint density at radius 2 is 1.80 bits per heavy atom. The van der Waals surface area contributed by atoms with Crippen molar-refractivity contribution in [3.05, 3.63) is 106 Å². The lowest BCUT2D eigenvalue weighted by Gasteiger charge is -2.28. The van der Waals surface area contributed by atoms with Gasteiger partial charge in [0.25, 0.3) is 0 Å². The van der Waals surface area contributed by atoms with Crippen molar-refractivity contribution >= 4 is 28.9 Å². The van der Waals surface area contributed by atoms with Gasteiger partial charge in [-0.3, -0.25) is 9.97 Å². The van der Waals surface area contributed by atoms with Crippen molar-refractivity contribution in [1.29, 1.82) is 0 Å². The fraction of sp³-hybridized carbons (Fsp3) is 0.222. The molecule has 1 saturated heterocycles. The summed E-state index contributed by atoms with van der Waals surface area (Å²) in [6, 6.07) is 19.6. The van der Waals surface area contributed by atoms with Crippen LogP contribution in [0.5, 0.6) is 5.75 Å². The molecule has 4 heterocycles. The number of aromatic nitrogens is 3. The Bertz CT molecular complexity index is 1360. The zero-order valence-corrected chi connectivity index (χ0v) is 21.3. The third kappa shape index (κ3) is 4.37. The summed E-state index contributed by atoms with van der Waals surface area (Å²) in [4.78, 5) is 11.4. The number of nitrogens with zero attached hydrogens (tertiary/aromatic N) is 4. The van der Waals surface area contributed by atoms with E-state index in [1.54, 1.807) is 7.11 Å². The molecule has 0 unspecified atom stereocenters. The van der Waals surface area contributed by atoms with Gasteiger partial charge in [-0.1, -0.05) is 23.7 Å². The van der Waals surface area contributed by atoms with E-state index in [4.69, 9.17) is 28.6 Å². The number of nitrogens with one attached hydrogen (secondary N) is 1. The Hall–Kier alpha value is -3.42. The smallest absolute Gasteiger partial charge is 0.170 e. The maximum Gasteiger partial charge on any atom is 0.170 e. The minimum absolute atomic E-state index is 0.0791. The van der Waals surface area contributed by atoms with Gasteiger partial charge in [0.15, 0.2) is 5.11 Å². The molecule has 6 nitrogen and oxygen atoms in total. The third-order valence-corrected chi connectivity index (χ3v) is 7.01. The molecule has 1 aliphatic rings. The van der Waals surface area contributed by atoms with Crippen LogP contribution in [0.2, 0.25) is 5.02 Å². The second-order valence-corrected chi connectivity index (χ2v) is 9.38. The van der Waals surface area contributed by atoms with Gasteiger partial charge in [0.2, 0.25) is 0 Å². The number of hydrogen-bond acceptors (Lipinski definition) is 4. The van der Waals surface area contributed by atoms with Gasteiger partial charge in [0.05, 0.1) is 42.8 Å². The zero-order valence-electron chi connectivity index (χ0n) is 19.8. The molecule has 1 aromatic carbocycles. The summed E-state index contributed by atoms with van der Waals surface area (Å²) in [6.07, 6.45) is 3.63. The molecule has 0 radical (unpaired) electrons. The van der Waals surface area contributed by atoms with Crippen LogP contribution in [0.15, 0.2) is 73.1 Å². The molecule has 178 valence electrons. The molecule has 0 bridgehead atoms. The summed E-state index contributed by atoms with van der Waals surface area (Å²) in [6.45, 7) is 4.81. The average molecular weight is 504 g/mol. The highest BCUT2D eigenvalue weighted by molar-refractivity contribution is 7.80. The molecule has 8 heteroatoms. The minimum Gasteiger partial charge on any atom is -0.495 e. The predicted octanol–water partition coefficient (Wildman–Crippen LogP) is 5.72. The summed E-state index contributed by atoms with van der Waals surface area (Å²) < 4.78 is 7.86. The fourth-order valence-electron chi connectivity index (χ4n) is 4.88. The van der Waals surface area contributed by atoms with Gasteiger partial charge in [0.1, 0.15) is 5.75 Å². The van der Waals surface area contributed by atoms with E-state index in [1.165, 1.54) is 0 Å². The van der Waals surface area contributed by atoms with E-state index >= 15 is 0 Å². The molecule has 4 aromatic rings. The number of hydrogen-bond donors (Lipinski definition) is 1. The summed E-state index contributed by atoms with van der Waals surface area (Å²) >= 11 is 12.2. The van der Waals surface area contributed by atoms with Crippen LogP contribution in [-0.2, 0) is 6.54 Å². The van der Waals surface area contributed by atoms with Crippen molar-refractivity contribution in [3.8, 4) is 11.4 Å². The standard InChI is InChI=1S/C27H26ClN5OS/c1-17-14-21(18(2)33(17)23-15-19(28)10-11-24(23)34-3)26-25(22-9-5-7-13-30-22)31-27(35)32(26)16-20-8-4-6-12-29-20/h4-15,25-26H,16H2,1-3H3,(H,31,35)/t25-,26+/m0/s1. The highest BCUT2D eigenvalue weighted by atomic mass is 35.5. The lowest BCUT2D eigenvalue weighted by atomic mass is 9.96. The Morgan fingerprint density at radius 3 is 2.49 bits per heavy atom. The summed E-state index contributed by atoms with van der Waals surface area (Å²) in [5.41, 5.74) is 6.12. The fourth-order valence-corrected chi connectivity index (χ4v) is 5.35. The molecule has 1 aliphatic heterocycles. The van der Waals surface area contributed by atoms with Gasteiger partial charge in [-0.05, 0) is 80.2 Å². The van der Waals surface area contributed by atoms with E-state index in [9.17, 15) is 0 Å². The molecule has 0 aliphatic carbocycles. The molecule has 0 saturated carbocycles. The summed E-state index contributed by atoms with van der Waals surface area (Å²) in [5.74, 6) is 0.759. The van der Waals surface area contributed by atoms with Crippen LogP contribution in [0.1, 0.15) is 40.4 Å². The van der Waals surface area contributed by atoms with E-state index in [2.05, 4.69) is 44.7 Å². The third-order valence-electron chi connectivity index (χ3n) is 6.43. The lowest BCUT2D eigenvalue weighted by Crippen LogP contribution is -2.29. The molecule has 0 amide bonds. The highest BCUT2D eigenvalue weighted by Gasteiger charge is 2.41. The SMILES string of the molecule is COc1ccc(Cl)cc1-n1c(C)cc([C@@H]2[C@H](c3ccccn3)NC(=S)N2Cc2ccccn2)c1C. The zero-order chi connectivity index (χ0) is 24.5. The number of thiocarbonyl (C=S) groups is 1. The Labute approximate surface area is 215 Å². The molecule has 0 spiro atoms. The number of benzene rings is 1. The van der Waals surface area contributed by atoms with Crippen molar-refractivity contribution in [2.45, 2.75) is 32.5 Å². The quantitative estimate of drug-likeness (QED) is 0.340. The van der Waals surface area contributed by atoms with Crippen LogP contribution in [0, 0.1) is 13.8 Å². The van der Waals surface area contributed by atoms with Crippen LogP contribution < -0.4 is 10.1 Å². The number of halogens is 1. The first-order valence-corrected chi connectivity index (χ1v) is 12.2. The normalized spacial score (nSPS) is 17.5. The number of methoxy groups -OCH3 is 1. The first-order chi connectivity index (χ1) is 17.0. The van der Waals surface area contributed by atoms with Crippen molar-refractivity contribution in [1.82, 2.24) is 24.8 Å². The van der Waals surface area contributed by atoms with Crippen LogP contribution >= 0.6 is 23.8 Å². The van der Waals surface area contributed by atoms with Gasteiger partial charge in [-0.2, -0.15) is 0 Å². The van der Waals surface area contributed by atoms with Crippen molar-refractivity contribution in [2.24, 2.45) is 0 Å². The average Bonchev–Trinajstić information content (AvgIpc) is 3.35. The first kappa shape index (κ1) is 23.3. The molecule has 35 heavy (non-hydrogen) atoms. The molecule has 2 atom stereocenters. The molecule has 1 N–H and O–H groups in total. The molecular weight excluding hydrogens is 478 g/mol. The number of pyridine rings is 2. The minimum atomic E-state index is -0.109. The van der Waals surface area contributed by atoms with E-state index in [1.807, 2.05) is 67.0 Å². The number of aryl methyl sites for hydroxylation is 1. The predicted molar refractivity (Wildman–Crippen MR) is 142 cm³/mol. The second kappa shape index (κ2) is 9.68. The molecular formula is C27H26ClN5OS. The van der Waals surface area contributed by atoms with Gasteiger partial charge >= 0.3 is 0 Å². The summed E-state index contributed by atoms with van der Waals surface area (Å²) in [5, 5.41) is 4.86. The van der Waals surface area contributed by atoms with Crippen LogP contribution in [0.25, 0.3) is 5.69 Å². The van der Waals surface area contributed by atoms with Crippen molar-refractivity contribution < 1.29 is 4.74 Å². The van der Waals surface area contributed by atoms with Gasteiger partial charge in [-0.25, -0.2) is 0 Å². The Morgan fingerprint density at radius 1 is 1.03 bits per heavy atom. The van der Waals surface area contributed by atoms with Crippen molar-refractivity contribution in [3.63, 3.8) is 0 Å². The van der Waals surface area contributed by atoms with E-state index in [0.29, 0.717) is 16.7 Å². The largest absolute Gasteiger partial charge is 0.495 e. The van der Waals surface area contributed by atoms with Crippen LogP contribution in [-0.4, -0.2) is 31.7 Å². The van der Waals surface area contributed by atoms with Crippen molar-refractivity contribution in [2.75, 3.05) is 7.11 Å². The van der Waals surface area contributed by atoms with Crippen LogP contribution in [0.4, 0.5) is 0 Å². The number of ether oxygens (including phenoxy) is 1. The van der Waals surface area contributed by atoms with E-state index in [-0.39, 0.29) is 12.1 Å². The summed E-state index contributed by atoms with van der Waals surface area (Å²) in [7, 11) is 1.67. The Balaban J connectivity index is 1.65. The molecule has 3 aromatic heterocycles. The molecule has 1 fully saturated rings. The lowest BCUT2D eigenvalue weighted by molar-refractivity contribution is 0.307. The van der Waals surface area contributed by atoms with Gasteiger partial charge in [0, 0.05) is 28.8 Å². The topological polar surface area (TPSA) is 55.2 Å².